The number of aromatic amines is 1. The Morgan fingerprint density at radius 1 is 1.10 bits per heavy atom. The molecule has 0 saturated carbocycles. The van der Waals surface area contributed by atoms with Gasteiger partial charge in [-0.2, -0.15) is 5.10 Å². The van der Waals surface area contributed by atoms with Crippen LogP contribution in [0.15, 0.2) is 23.0 Å². The predicted molar refractivity (Wildman–Crippen MR) is 75.3 cm³/mol. The fourth-order valence-electron chi connectivity index (χ4n) is 1.95. The lowest BCUT2D eigenvalue weighted by molar-refractivity contribution is 0.112. The van der Waals surface area contributed by atoms with E-state index in [1.807, 2.05) is 0 Å². The number of methoxy groups -OCH3 is 3. The highest BCUT2D eigenvalue weighted by Gasteiger charge is 2.18. The monoisotopic (exact) mass is 290 g/mol. The van der Waals surface area contributed by atoms with E-state index in [1.165, 1.54) is 27.4 Å². The predicted octanol–water partition coefficient (Wildman–Crippen LogP) is 1.28. The lowest BCUT2D eigenvalue weighted by Crippen LogP contribution is -2.14. The minimum absolute atomic E-state index is 0.0168. The molecule has 110 valence electrons. The van der Waals surface area contributed by atoms with Crippen LogP contribution in [0.5, 0.6) is 17.2 Å². The van der Waals surface area contributed by atoms with E-state index in [-0.39, 0.29) is 5.56 Å². The molecule has 1 N–H and O–H groups in total. The van der Waals surface area contributed by atoms with E-state index < -0.39 is 5.56 Å². The van der Waals surface area contributed by atoms with Gasteiger partial charge in [-0.05, 0) is 18.2 Å². The molecule has 0 spiro atoms. The van der Waals surface area contributed by atoms with Crippen molar-refractivity contribution in [3.05, 3.63) is 34.1 Å². The summed E-state index contributed by atoms with van der Waals surface area (Å²) >= 11 is 0. The van der Waals surface area contributed by atoms with Gasteiger partial charge < -0.3 is 14.2 Å². The second kappa shape index (κ2) is 6.08. The number of nitrogens with one attached hydrogen (secondary N) is 1. The van der Waals surface area contributed by atoms with Crippen molar-refractivity contribution in [2.45, 2.75) is 0 Å². The summed E-state index contributed by atoms with van der Waals surface area (Å²) < 4.78 is 15.8. The van der Waals surface area contributed by atoms with E-state index in [0.717, 1.165) is 0 Å². The Hall–Kier alpha value is -2.83. The first-order valence-electron chi connectivity index (χ1n) is 6.00. The maximum absolute atomic E-state index is 11.4. The molecule has 2 aromatic rings. The zero-order chi connectivity index (χ0) is 15.4. The normalized spacial score (nSPS) is 10.0. The van der Waals surface area contributed by atoms with Crippen molar-refractivity contribution in [1.29, 1.82) is 0 Å². The molecule has 0 bridgehead atoms. The fraction of sp³-hybridized carbons (Fsp3) is 0.214. The molecule has 0 atom stereocenters. The van der Waals surface area contributed by atoms with Gasteiger partial charge in [0.1, 0.15) is 0 Å². The van der Waals surface area contributed by atoms with Crippen LogP contribution in [-0.2, 0) is 0 Å². The average Bonchev–Trinajstić information content (AvgIpc) is 2.53. The molecule has 1 aromatic carbocycles. The summed E-state index contributed by atoms with van der Waals surface area (Å²) in [6, 6.07) is 4.77. The number of hydrogen-bond donors (Lipinski definition) is 1. The number of H-pyrrole nitrogens is 1. The summed E-state index contributed by atoms with van der Waals surface area (Å²) in [4.78, 5) is 22.3. The van der Waals surface area contributed by atoms with Crippen LogP contribution in [0.4, 0.5) is 0 Å². The van der Waals surface area contributed by atoms with Crippen molar-refractivity contribution in [3.63, 3.8) is 0 Å². The Morgan fingerprint density at radius 3 is 2.38 bits per heavy atom. The number of nitrogens with zero attached hydrogens (tertiary/aromatic N) is 1. The van der Waals surface area contributed by atoms with Gasteiger partial charge in [0, 0.05) is 5.56 Å². The number of hydrogen-bond acceptors (Lipinski definition) is 6. The van der Waals surface area contributed by atoms with E-state index in [2.05, 4.69) is 10.2 Å². The Morgan fingerprint density at radius 2 is 1.81 bits per heavy atom. The molecule has 0 radical (unpaired) electrons. The van der Waals surface area contributed by atoms with E-state index in [4.69, 9.17) is 14.2 Å². The van der Waals surface area contributed by atoms with Gasteiger partial charge in [-0.15, -0.1) is 0 Å². The second-order valence-electron chi connectivity index (χ2n) is 4.04. The van der Waals surface area contributed by atoms with Crippen LogP contribution in [-0.4, -0.2) is 37.8 Å². The van der Waals surface area contributed by atoms with Gasteiger partial charge in [0.2, 0.25) is 5.75 Å². The highest BCUT2D eigenvalue weighted by Crippen LogP contribution is 2.43. The van der Waals surface area contributed by atoms with Crippen molar-refractivity contribution < 1.29 is 19.0 Å². The highest BCUT2D eigenvalue weighted by atomic mass is 16.5. The van der Waals surface area contributed by atoms with E-state index in [0.29, 0.717) is 34.8 Å². The Balaban J connectivity index is 2.69. The van der Waals surface area contributed by atoms with Crippen LogP contribution >= 0.6 is 0 Å². The van der Waals surface area contributed by atoms with Crippen LogP contribution in [0.25, 0.3) is 11.3 Å². The highest BCUT2D eigenvalue weighted by molar-refractivity contribution is 5.79. The largest absolute Gasteiger partial charge is 0.493 e. The molecule has 0 aliphatic heterocycles. The molecule has 1 aromatic heterocycles. The molecule has 0 saturated heterocycles. The Kier molecular flexibility index (Phi) is 4.22. The molecular formula is C14H14N2O5. The minimum atomic E-state index is -0.548. The first-order valence-corrected chi connectivity index (χ1v) is 6.00. The Bertz CT molecular complexity index is 724. The summed E-state index contributed by atoms with van der Waals surface area (Å²) in [5.41, 5.74) is 0.383. The van der Waals surface area contributed by atoms with E-state index in [9.17, 15) is 9.59 Å². The van der Waals surface area contributed by atoms with Gasteiger partial charge in [-0.25, -0.2) is 5.10 Å². The number of benzene rings is 1. The molecule has 0 fully saturated rings. The van der Waals surface area contributed by atoms with Gasteiger partial charge in [-0.1, -0.05) is 0 Å². The molecule has 0 aliphatic rings. The summed E-state index contributed by atoms with van der Waals surface area (Å²) in [6.07, 6.45) is 0.469. The molecule has 7 heteroatoms. The standard InChI is InChI=1S/C14H14N2O5/c1-19-11-5-4-9(12(20-2)13(11)21-3)10-6-8(7-17)14(18)16-15-10/h4-7H,1-3H3,(H,16,18). The van der Waals surface area contributed by atoms with Crippen molar-refractivity contribution >= 4 is 6.29 Å². The van der Waals surface area contributed by atoms with E-state index in [1.54, 1.807) is 12.1 Å². The third kappa shape index (κ3) is 2.58. The molecule has 0 aliphatic carbocycles. The maximum Gasteiger partial charge on any atom is 0.274 e. The average molecular weight is 290 g/mol. The number of ether oxygens (including phenoxy) is 3. The second-order valence-corrected chi connectivity index (χ2v) is 4.04. The van der Waals surface area contributed by atoms with Crippen LogP contribution < -0.4 is 19.8 Å². The SMILES string of the molecule is COc1ccc(-c2cc(C=O)c(=O)[nH]n2)c(OC)c1OC. The molecular weight excluding hydrogens is 276 g/mol. The van der Waals surface area contributed by atoms with E-state index >= 15 is 0 Å². The van der Waals surface area contributed by atoms with Crippen LogP contribution in [0.1, 0.15) is 10.4 Å². The minimum Gasteiger partial charge on any atom is -0.493 e. The van der Waals surface area contributed by atoms with Gasteiger partial charge in [-0.3, -0.25) is 9.59 Å². The number of carbonyl (C=O) groups excluding carboxylic acids is 1. The quantitative estimate of drug-likeness (QED) is 0.834. The first-order chi connectivity index (χ1) is 10.2. The van der Waals surface area contributed by atoms with Crippen LogP contribution in [0, 0.1) is 0 Å². The fourth-order valence-corrected chi connectivity index (χ4v) is 1.95. The lowest BCUT2D eigenvalue weighted by atomic mass is 10.1. The third-order valence-corrected chi connectivity index (χ3v) is 2.94. The number of aromatic nitrogens is 2. The molecule has 1 heterocycles. The lowest BCUT2D eigenvalue weighted by Gasteiger charge is -2.15. The summed E-state index contributed by atoms with van der Waals surface area (Å²) in [7, 11) is 4.48. The van der Waals surface area contributed by atoms with Gasteiger partial charge >= 0.3 is 0 Å². The molecule has 0 unspecified atom stereocenters. The zero-order valence-electron chi connectivity index (χ0n) is 11.8. The van der Waals surface area contributed by atoms with Gasteiger partial charge in [0.05, 0.1) is 32.6 Å². The van der Waals surface area contributed by atoms with Crippen molar-refractivity contribution in [2.75, 3.05) is 21.3 Å². The third-order valence-electron chi connectivity index (χ3n) is 2.94. The molecule has 21 heavy (non-hydrogen) atoms. The van der Waals surface area contributed by atoms with Crippen LogP contribution in [0.2, 0.25) is 0 Å². The van der Waals surface area contributed by atoms with Crippen LogP contribution in [0.3, 0.4) is 0 Å². The van der Waals surface area contributed by atoms with Gasteiger partial charge in [0.15, 0.2) is 17.8 Å². The van der Waals surface area contributed by atoms with Crippen molar-refractivity contribution in [2.24, 2.45) is 0 Å². The number of aldehydes is 1. The molecule has 2 rings (SSSR count). The van der Waals surface area contributed by atoms with Crippen molar-refractivity contribution in [1.82, 2.24) is 10.2 Å². The van der Waals surface area contributed by atoms with Gasteiger partial charge in [0.25, 0.3) is 5.56 Å². The topological polar surface area (TPSA) is 90.5 Å². The summed E-state index contributed by atoms with van der Waals surface area (Å²) in [5.74, 6) is 1.30. The maximum atomic E-state index is 11.4. The Labute approximate surface area is 120 Å². The smallest absolute Gasteiger partial charge is 0.274 e. The summed E-state index contributed by atoms with van der Waals surface area (Å²) in [6.45, 7) is 0. The number of rotatable bonds is 5. The molecule has 0 amide bonds. The summed E-state index contributed by atoms with van der Waals surface area (Å²) in [5, 5.41) is 6.19. The molecule has 7 nitrogen and oxygen atoms in total. The van der Waals surface area contributed by atoms with Crippen molar-refractivity contribution in [3.8, 4) is 28.5 Å². The number of carbonyl (C=O) groups is 1. The first kappa shape index (κ1) is 14.6. The zero-order valence-corrected chi connectivity index (χ0v) is 11.8.